The molecule has 1 aromatic rings. The number of benzene rings is 1. The molecule has 128 valence electrons. The lowest BCUT2D eigenvalue weighted by molar-refractivity contribution is -0.140. The second-order valence-electron chi connectivity index (χ2n) is 6.65. The third-order valence-corrected chi connectivity index (χ3v) is 4.51. The van der Waals surface area contributed by atoms with Crippen molar-refractivity contribution in [3.63, 3.8) is 0 Å². The fraction of sp³-hybridized carbons (Fsp3) is 0.588. The molecule has 0 saturated carbocycles. The molecule has 1 unspecified atom stereocenters. The lowest BCUT2D eigenvalue weighted by atomic mass is 9.81. The van der Waals surface area contributed by atoms with Crippen LogP contribution in [-0.2, 0) is 16.4 Å². The van der Waals surface area contributed by atoms with E-state index in [1.807, 2.05) is 0 Å². The Morgan fingerprint density at radius 3 is 2.57 bits per heavy atom. The van der Waals surface area contributed by atoms with E-state index in [2.05, 4.69) is 0 Å². The molecule has 6 heteroatoms. The number of likely N-dealkylation sites (tertiary alicyclic amines) is 1. The van der Waals surface area contributed by atoms with E-state index in [1.54, 1.807) is 24.8 Å². The van der Waals surface area contributed by atoms with Crippen LogP contribution in [0.2, 0.25) is 0 Å². The summed E-state index contributed by atoms with van der Waals surface area (Å²) in [6, 6.07) is 4.94. The Bertz CT molecular complexity index is 569. The van der Waals surface area contributed by atoms with E-state index in [4.69, 9.17) is 0 Å². The maximum Gasteiger partial charge on any atom is 0.416 e. The molecule has 1 saturated heterocycles. The summed E-state index contributed by atoms with van der Waals surface area (Å²) in [5.74, 6) is -0.153. The number of rotatable bonds is 3. The van der Waals surface area contributed by atoms with Crippen molar-refractivity contribution in [1.29, 1.82) is 0 Å². The molecular weight excluding hydrogens is 307 g/mol. The summed E-state index contributed by atoms with van der Waals surface area (Å²) in [6.07, 6.45) is -2.76. The Labute approximate surface area is 134 Å². The summed E-state index contributed by atoms with van der Waals surface area (Å²) in [5, 5.41) is 9.27. The quantitative estimate of drug-likeness (QED) is 0.925. The molecule has 0 aromatic heterocycles. The number of hydrogen-bond donors (Lipinski definition) is 1. The third kappa shape index (κ3) is 3.86. The summed E-state index contributed by atoms with van der Waals surface area (Å²) in [5.41, 5.74) is -1.44. The van der Waals surface area contributed by atoms with Crippen LogP contribution in [0, 0.1) is 5.92 Å². The first kappa shape index (κ1) is 17.8. The van der Waals surface area contributed by atoms with Crippen LogP contribution >= 0.6 is 0 Å². The number of hydrogen-bond acceptors (Lipinski definition) is 2. The number of nitrogens with zero attached hydrogens (tertiary/aromatic N) is 1. The van der Waals surface area contributed by atoms with Crippen molar-refractivity contribution in [1.82, 2.24) is 4.90 Å². The number of aliphatic hydroxyl groups excluding tert-OH is 1. The highest BCUT2D eigenvalue weighted by atomic mass is 19.4. The zero-order chi connectivity index (χ0) is 17.3. The third-order valence-electron chi connectivity index (χ3n) is 4.51. The zero-order valence-electron chi connectivity index (χ0n) is 13.4. The van der Waals surface area contributed by atoms with E-state index in [1.165, 1.54) is 6.07 Å². The van der Waals surface area contributed by atoms with Crippen molar-refractivity contribution in [2.45, 2.75) is 38.3 Å². The number of alkyl halides is 3. The molecule has 1 amide bonds. The first-order chi connectivity index (χ1) is 10.7. The van der Waals surface area contributed by atoms with E-state index >= 15 is 0 Å². The predicted molar refractivity (Wildman–Crippen MR) is 80.9 cm³/mol. The molecule has 0 bridgehead atoms. The van der Waals surface area contributed by atoms with Gasteiger partial charge in [-0.3, -0.25) is 4.79 Å². The Kier molecular flexibility index (Phi) is 5.04. The summed E-state index contributed by atoms with van der Waals surface area (Å²) in [7, 11) is 0. The summed E-state index contributed by atoms with van der Waals surface area (Å²) in [4.78, 5) is 14.5. The summed E-state index contributed by atoms with van der Waals surface area (Å²) >= 11 is 0. The average molecular weight is 329 g/mol. The van der Waals surface area contributed by atoms with Gasteiger partial charge in [0.25, 0.3) is 0 Å². The van der Waals surface area contributed by atoms with Crippen LogP contribution in [0.1, 0.15) is 37.8 Å². The van der Waals surface area contributed by atoms with Crippen LogP contribution < -0.4 is 0 Å². The minimum atomic E-state index is -4.43. The Morgan fingerprint density at radius 2 is 1.96 bits per heavy atom. The molecule has 0 aliphatic carbocycles. The van der Waals surface area contributed by atoms with Crippen molar-refractivity contribution in [2.75, 3.05) is 19.7 Å². The highest BCUT2D eigenvalue weighted by molar-refractivity contribution is 5.87. The minimum absolute atomic E-state index is 0.0216. The average Bonchev–Trinajstić information content (AvgIpc) is 2.53. The molecule has 0 spiro atoms. The second kappa shape index (κ2) is 6.51. The zero-order valence-corrected chi connectivity index (χ0v) is 13.4. The number of carbonyl (C=O) groups is 1. The highest BCUT2D eigenvalue weighted by Gasteiger charge is 2.38. The minimum Gasteiger partial charge on any atom is -0.396 e. The molecule has 2 rings (SSSR count). The van der Waals surface area contributed by atoms with Gasteiger partial charge < -0.3 is 10.0 Å². The number of aliphatic hydroxyl groups is 1. The fourth-order valence-electron chi connectivity index (χ4n) is 3.00. The molecule has 1 heterocycles. The summed E-state index contributed by atoms with van der Waals surface area (Å²) in [6.45, 7) is 4.35. The molecule has 1 aromatic carbocycles. The molecule has 0 radical (unpaired) electrons. The van der Waals surface area contributed by atoms with Gasteiger partial charge in [0.15, 0.2) is 0 Å². The van der Waals surface area contributed by atoms with Gasteiger partial charge in [-0.25, -0.2) is 0 Å². The maximum absolute atomic E-state index is 12.9. The first-order valence-electron chi connectivity index (χ1n) is 7.74. The smallest absolute Gasteiger partial charge is 0.396 e. The van der Waals surface area contributed by atoms with Gasteiger partial charge in [0, 0.05) is 19.7 Å². The van der Waals surface area contributed by atoms with Crippen LogP contribution in [-0.4, -0.2) is 35.6 Å². The molecule has 1 fully saturated rings. The van der Waals surface area contributed by atoms with Gasteiger partial charge >= 0.3 is 6.18 Å². The largest absolute Gasteiger partial charge is 0.416 e. The maximum atomic E-state index is 12.9. The van der Waals surface area contributed by atoms with Crippen LogP contribution in [0.3, 0.4) is 0 Å². The topological polar surface area (TPSA) is 40.5 Å². The van der Waals surface area contributed by atoms with Gasteiger partial charge in [0.05, 0.1) is 11.0 Å². The molecule has 1 aliphatic heterocycles. The van der Waals surface area contributed by atoms with Crippen LogP contribution in [0.5, 0.6) is 0 Å². The van der Waals surface area contributed by atoms with Gasteiger partial charge in [-0.1, -0.05) is 18.2 Å². The van der Waals surface area contributed by atoms with Crippen molar-refractivity contribution >= 4 is 5.91 Å². The van der Waals surface area contributed by atoms with Gasteiger partial charge in [-0.05, 0) is 44.2 Å². The van der Waals surface area contributed by atoms with E-state index < -0.39 is 17.2 Å². The van der Waals surface area contributed by atoms with Crippen molar-refractivity contribution in [3.05, 3.63) is 35.4 Å². The number of amides is 1. The van der Waals surface area contributed by atoms with E-state index in [-0.39, 0.29) is 18.4 Å². The van der Waals surface area contributed by atoms with Gasteiger partial charge in [0.2, 0.25) is 5.91 Å². The van der Waals surface area contributed by atoms with E-state index in [9.17, 15) is 23.1 Å². The molecule has 23 heavy (non-hydrogen) atoms. The lowest BCUT2D eigenvalue weighted by Crippen LogP contribution is -2.48. The molecular formula is C17H22F3NO2. The first-order valence-corrected chi connectivity index (χ1v) is 7.74. The number of halogens is 3. The fourth-order valence-corrected chi connectivity index (χ4v) is 3.00. The van der Waals surface area contributed by atoms with Gasteiger partial charge in [-0.15, -0.1) is 0 Å². The number of piperidine rings is 1. The van der Waals surface area contributed by atoms with E-state index in [0.29, 0.717) is 18.7 Å². The number of carbonyl (C=O) groups excluding carboxylic acids is 1. The van der Waals surface area contributed by atoms with Crippen LogP contribution in [0.15, 0.2) is 24.3 Å². The highest BCUT2D eigenvalue weighted by Crippen LogP contribution is 2.34. The Balaban J connectivity index is 2.25. The molecule has 1 N–H and O–H groups in total. The second-order valence-corrected chi connectivity index (χ2v) is 6.65. The Hall–Kier alpha value is -1.56. The standard InChI is InChI=1S/C17H22F3NO2/c1-16(2,13-6-3-7-14(9-13)17(18,19)20)15(23)21-8-4-5-12(10-21)11-22/h3,6-7,9,12,22H,4-5,8,10-11H2,1-2H3. The van der Waals surface area contributed by atoms with Crippen molar-refractivity contribution in [3.8, 4) is 0 Å². The predicted octanol–water partition coefficient (Wildman–Crippen LogP) is 3.21. The molecule has 1 atom stereocenters. The van der Waals surface area contributed by atoms with Crippen LogP contribution in [0.25, 0.3) is 0 Å². The van der Waals surface area contributed by atoms with E-state index in [0.717, 1.165) is 25.0 Å². The normalized spacial score (nSPS) is 19.7. The SMILES string of the molecule is CC(C)(C(=O)N1CCCC(CO)C1)c1cccc(C(F)(F)F)c1. The van der Waals surface area contributed by atoms with Crippen molar-refractivity contribution in [2.24, 2.45) is 5.92 Å². The van der Waals surface area contributed by atoms with Gasteiger partial charge in [0.1, 0.15) is 0 Å². The molecule has 1 aliphatic rings. The van der Waals surface area contributed by atoms with Crippen LogP contribution in [0.4, 0.5) is 13.2 Å². The molecule has 3 nitrogen and oxygen atoms in total. The van der Waals surface area contributed by atoms with Crippen molar-refractivity contribution < 1.29 is 23.1 Å². The lowest BCUT2D eigenvalue weighted by Gasteiger charge is -2.37. The monoisotopic (exact) mass is 329 g/mol. The van der Waals surface area contributed by atoms with Gasteiger partial charge in [-0.2, -0.15) is 13.2 Å². The summed E-state index contributed by atoms with van der Waals surface area (Å²) < 4.78 is 38.7. The Morgan fingerprint density at radius 1 is 1.30 bits per heavy atom.